The summed E-state index contributed by atoms with van der Waals surface area (Å²) in [7, 11) is 0. The lowest BCUT2D eigenvalue weighted by molar-refractivity contribution is -0.0219. The van der Waals surface area contributed by atoms with Crippen molar-refractivity contribution in [3.8, 4) is 0 Å². The molecule has 12 nitrogen and oxygen atoms in total. The second-order valence-corrected chi connectivity index (χ2v) is 11.3. The molecule has 0 aliphatic heterocycles. The van der Waals surface area contributed by atoms with Crippen molar-refractivity contribution in [3.63, 3.8) is 0 Å². The molecule has 6 N–H and O–H groups in total. The average Bonchev–Trinajstić information content (AvgIpc) is 3.12. The third-order valence-corrected chi connectivity index (χ3v) is 7.77. The number of hydrogen-bond acceptors (Lipinski definition) is 8. The molecule has 4 atom stereocenters. The molecule has 0 heterocycles. The topological polar surface area (TPSA) is 175 Å². The molecular formula is C38H42N4O8. The van der Waals surface area contributed by atoms with Gasteiger partial charge in [0.15, 0.2) is 0 Å². The van der Waals surface area contributed by atoms with Crippen LogP contribution in [0, 0.1) is 0 Å². The molecule has 4 amide bonds. The molecule has 50 heavy (non-hydrogen) atoms. The number of rotatable bonds is 15. The van der Waals surface area contributed by atoms with Gasteiger partial charge < -0.3 is 30.3 Å². The van der Waals surface area contributed by atoms with Gasteiger partial charge in [0, 0.05) is 0 Å². The Balaban J connectivity index is 1.64. The summed E-state index contributed by atoms with van der Waals surface area (Å²) in [5.74, 6) is -1.24. The molecule has 0 aliphatic carbocycles. The number of hydrogen-bond donors (Lipinski definition) is 6. The zero-order chi connectivity index (χ0) is 35.9. The molecule has 4 rings (SSSR count). The van der Waals surface area contributed by atoms with Crippen molar-refractivity contribution >= 4 is 35.4 Å². The van der Waals surface area contributed by atoms with Gasteiger partial charge in [0.25, 0.3) is 11.8 Å². The van der Waals surface area contributed by atoms with Crippen LogP contribution in [0.15, 0.2) is 109 Å². The van der Waals surface area contributed by atoms with E-state index in [2.05, 4.69) is 21.3 Å². The molecule has 0 aromatic heterocycles. The van der Waals surface area contributed by atoms with Crippen molar-refractivity contribution < 1.29 is 38.9 Å². The van der Waals surface area contributed by atoms with E-state index in [0.717, 1.165) is 11.1 Å². The lowest BCUT2D eigenvalue weighted by Crippen LogP contribution is -2.57. The minimum Gasteiger partial charge on any atom is -0.450 e. The van der Waals surface area contributed by atoms with Crippen molar-refractivity contribution in [2.45, 2.75) is 51.0 Å². The Bertz CT molecular complexity index is 1590. The van der Waals surface area contributed by atoms with Crippen LogP contribution in [0.4, 0.5) is 21.0 Å². The molecular weight excluding hydrogens is 640 g/mol. The Kier molecular flexibility index (Phi) is 13.9. The minimum atomic E-state index is -1.59. The van der Waals surface area contributed by atoms with Gasteiger partial charge in [0.1, 0.15) is 12.2 Å². The number of carbonyl (C=O) groups is 4. The molecule has 4 aromatic carbocycles. The molecule has 0 fully saturated rings. The van der Waals surface area contributed by atoms with Crippen molar-refractivity contribution in [2.24, 2.45) is 0 Å². The van der Waals surface area contributed by atoms with E-state index < -0.39 is 48.3 Å². The van der Waals surface area contributed by atoms with Crippen molar-refractivity contribution in [1.29, 1.82) is 0 Å². The number of anilines is 2. The minimum absolute atomic E-state index is 0.111. The molecule has 0 spiro atoms. The largest absolute Gasteiger partial charge is 0.450 e. The molecule has 0 bridgehead atoms. The van der Waals surface area contributed by atoms with E-state index in [-0.39, 0.29) is 48.6 Å². The predicted octanol–water partition coefficient (Wildman–Crippen LogP) is 4.93. The predicted molar refractivity (Wildman–Crippen MR) is 189 cm³/mol. The number of benzene rings is 4. The standard InChI is InChI=1S/C38H42N4O8/c1-3-49-37(47)41-29-21-13-11-19-27(29)35(45)39-31(23-25-15-7-5-8-16-25)33(43)34(44)32(24-26-17-9-6-10-18-26)40-36(46)28-20-12-14-22-30(28)42-38(48)50-4-2/h5-22,31-34,43-44H,3-4,23-24H2,1-2H3,(H,39,45)(H,40,46)(H,41,47)(H,42,48)/t31-,32-,33-,34+/m0/s1. The van der Waals surface area contributed by atoms with Gasteiger partial charge in [-0.05, 0) is 62.1 Å². The summed E-state index contributed by atoms with van der Waals surface area (Å²) in [5.41, 5.74) is 2.15. The quantitative estimate of drug-likeness (QED) is 0.102. The van der Waals surface area contributed by atoms with Crippen LogP contribution in [-0.4, -0.2) is 71.7 Å². The van der Waals surface area contributed by atoms with Crippen LogP contribution in [0.3, 0.4) is 0 Å². The third-order valence-electron chi connectivity index (χ3n) is 7.77. The van der Waals surface area contributed by atoms with Crippen LogP contribution in [-0.2, 0) is 22.3 Å². The van der Waals surface area contributed by atoms with Crippen molar-refractivity contribution in [1.82, 2.24) is 10.6 Å². The summed E-state index contributed by atoms with van der Waals surface area (Å²) in [4.78, 5) is 51.8. The fourth-order valence-electron chi connectivity index (χ4n) is 5.35. The maximum absolute atomic E-state index is 13.7. The van der Waals surface area contributed by atoms with Gasteiger partial charge in [-0.25, -0.2) is 9.59 Å². The molecule has 0 aliphatic rings. The lowest BCUT2D eigenvalue weighted by atomic mass is 9.90. The first kappa shape index (κ1) is 37.1. The lowest BCUT2D eigenvalue weighted by Gasteiger charge is -2.33. The highest BCUT2D eigenvalue weighted by Crippen LogP contribution is 2.21. The van der Waals surface area contributed by atoms with E-state index in [9.17, 15) is 29.4 Å². The SMILES string of the molecule is CCOC(=O)Nc1ccccc1C(=O)N[C@@H](Cc1ccccc1)[C@H](O)[C@H](O)[C@H](Cc1ccccc1)NC(=O)c1ccccc1NC(=O)OCC. The maximum atomic E-state index is 13.7. The Morgan fingerprint density at radius 2 is 0.880 bits per heavy atom. The maximum Gasteiger partial charge on any atom is 0.411 e. The van der Waals surface area contributed by atoms with Gasteiger partial charge >= 0.3 is 12.2 Å². The third kappa shape index (κ3) is 10.6. The van der Waals surface area contributed by atoms with Gasteiger partial charge in [-0.1, -0.05) is 84.9 Å². The van der Waals surface area contributed by atoms with E-state index in [1.807, 2.05) is 60.7 Å². The smallest absolute Gasteiger partial charge is 0.411 e. The zero-order valence-electron chi connectivity index (χ0n) is 27.9. The number of carbonyl (C=O) groups excluding carboxylic acids is 4. The summed E-state index contributed by atoms with van der Waals surface area (Å²) in [6.45, 7) is 3.59. The number of amides is 4. The van der Waals surface area contributed by atoms with Crippen LogP contribution in [0.2, 0.25) is 0 Å². The molecule has 0 unspecified atom stereocenters. The van der Waals surface area contributed by atoms with E-state index in [1.165, 1.54) is 12.1 Å². The molecule has 0 radical (unpaired) electrons. The van der Waals surface area contributed by atoms with Gasteiger partial charge in [0.05, 0.1) is 47.8 Å². The first-order valence-corrected chi connectivity index (χ1v) is 16.3. The number of aliphatic hydroxyl groups excluding tert-OH is 2. The van der Waals surface area contributed by atoms with Crippen molar-refractivity contribution in [3.05, 3.63) is 131 Å². The number of aliphatic hydroxyl groups is 2. The molecule has 0 saturated heterocycles. The second-order valence-electron chi connectivity index (χ2n) is 11.3. The van der Waals surface area contributed by atoms with E-state index in [1.54, 1.807) is 50.2 Å². The first-order chi connectivity index (χ1) is 24.2. The van der Waals surface area contributed by atoms with Gasteiger partial charge in [-0.3, -0.25) is 20.2 Å². The molecule has 262 valence electrons. The number of ether oxygens (including phenoxy) is 2. The average molecular weight is 683 g/mol. The Hall–Kier alpha value is -5.72. The Morgan fingerprint density at radius 3 is 1.24 bits per heavy atom. The second kappa shape index (κ2) is 18.7. The molecule has 0 saturated carbocycles. The van der Waals surface area contributed by atoms with Gasteiger partial charge in [0.2, 0.25) is 0 Å². The van der Waals surface area contributed by atoms with Crippen LogP contribution >= 0.6 is 0 Å². The summed E-state index contributed by atoms with van der Waals surface area (Å²) in [6, 6.07) is 28.8. The highest BCUT2D eigenvalue weighted by Gasteiger charge is 2.35. The van der Waals surface area contributed by atoms with E-state index >= 15 is 0 Å². The normalized spacial score (nSPS) is 13.1. The zero-order valence-corrected chi connectivity index (χ0v) is 27.9. The Labute approximate surface area is 290 Å². The Morgan fingerprint density at radius 1 is 0.540 bits per heavy atom. The van der Waals surface area contributed by atoms with Gasteiger partial charge in [-0.2, -0.15) is 0 Å². The highest BCUT2D eigenvalue weighted by atomic mass is 16.6. The summed E-state index contributed by atoms with van der Waals surface area (Å²) < 4.78 is 9.94. The molecule has 12 heteroatoms. The fourth-order valence-corrected chi connectivity index (χ4v) is 5.35. The summed E-state index contributed by atoms with van der Waals surface area (Å²) >= 11 is 0. The first-order valence-electron chi connectivity index (χ1n) is 16.3. The van der Waals surface area contributed by atoms with Crippen LogP contribution < -0.4 is 21.3 Å². The van der Waals surface area contributed by atoms with Crippen molar-refractivity contribution in [2.75, 3.05) is 23.8 Å². The van der Waals surface area contributed by atoms with E-state index in [0.29, 0.717) is 0 Å². The van der Waals surface area contributed by atoms with Crippen LogP contribution in [0.1, 0.15) is 45.7 Å². The highest BCUT2D eigenvalue weighted by molar-refractivity contribution is 6.03. The van der Waals surface area contributed by atoms with E-state index in [4.69, 9.17) is 9.47 Å². The molecule has 4 aromatic rings. The monoisotopic (exact) mass is 682 g/mol. The van der Waals surface area contributed by atoms with Crippen LogP contribution in [0.25, 0.3) is 0 Å². The van der Waals surface area contributed by atoms with Crippen LogP contribution in [0.5, 0.6) is 0 Å². The summed E-state index contributed by atoms with van der Waals surface area (Å²) in [6.07, 6.45) is -4.41. The summed E-state index contributed by atoms with van der Waals surface area (Å²) in [5, 5.41) is 34.4. The fraction of sp³-hybridized carbons (Fsp3) is 0.263. The number of nitrogens with one attached hydrogen (secondary N) is 4. The number of para-hydroxylation sites is 2. The van der Waals surface area contributed by atoms with Gasteiger partial charge in [-0.15, -0.1) is 0 Å².